The Morgan fingerprint density at radius 2 is 2.14 bits per heavy atom. The van der Waals surface area contributed by atoms with Crippen LogP contribution in [0.5, 0.6) is 5.75 Å². The summed E-state index contributed by atoms with van der Waals surface area (Å²) in [6.07, 6.45) is 0. The van der Waals surface area contributed by atoms with Crippen LogP contribution >= 0.6 is 15.9 Å². The van der Waals surface area contributed by atoms with E-state index in [0.29, 0.717) is 6.61 Å². The molecule has 3 nitrogen and oxygen atoms in total. The van der Waals surface area contributed by atoms with Crippen molar-refractivity contribution in [2.45, 2.75) is 6.04 Å². The molecule has 0 aromatic heterocycles. The van der Waals surface area contributed by atoms with E-state index in [1.54, 1.807) is 14.2 Å². The second-order valence-corrected chi connectivity index (χ2v) is 3.72. The monoisotopic (exact) mass is 259 g/mol. The van der Waals surface area contributed by atoms with Gasteiger partial charge in [0, 0.05) is 7.11 Å². The first-order valence-electron chi connectivity index (χ1n) is 4.27. The Labute approximate surface area is 92.3 Å². The number of halogens is 1. The molecule has 0 fully saturated rings. The number of nitrogens with two attached hydrogens (primary N) is 1. The highest BCUT2D eigenvalue weighted by atomic mass is 79.9. The molecule has 0 radical (unpaired) electrons. The summed E-state index contributed by atoms with van der Waals surface area (Å²) >= 11 is 3.45. The largest absolute Gasteiger partial charge is 0.496 e. The van der Waals surface area contributed by atoms with E-state index < -0.39 is 0 Å². The Bertz CT molecular complexity index is 304. The lowest BCUT2D eigenvalue weighted by Gasteiger charge is -2.14. The zero-order chi connectivity index (χ0) is 10.6. The zero-order valence-electron chi connectivity index (χ0n) is 8.29. The average molecular weight is 260 g/mol. The number of ether oxygens (including phenoxy) is 2. The van der Waals surface area contributed by atoms with Crippen LogP contribution < -0.4 is 10.5 Å². The summed E-state index contributed by atoms with van der Waals surface area (Å²) in [5, 5.41) is 0. The third-order valence-corrected chi connectivity index (χ3v) is 2.81. The van der Waals surface area contributed by atoms with Crippen molar-refractivity contribution in [3.63, 3.8) is 0 Å². The minimum atomic E-state index is -0.135. The van der Waals surface area contributed by atoms with Crippen LogP contribution in [0, 0.1) is 0 Å². The Morgan fingerprint density at radius 3 is 2.71 bits per heavy atom. The lowest BCUT2D eigenvalue weighted by atomic mass is 10.1. The minimum Gasteiger partial charge on any atom is -0.496 e. The maximum atomic E-state index is 5.92. The molecule has 1 atom stereocenters. The van der Waals surface area contributed by atoms with Gasteiger partial charge in [0.05, 0.1) is 24.2 Å². The van der Waals surface area contributed by atoms with Gasteiger partial charge < -0.3 is 15.2 Å². The van der Waals surface area contributed by atoms with Crippen molar-refractivity contribution in [2.75, 3.05) is 20.8 Å². The van der Waals surface area contributed by atoms with E-state index in [1.165, 1.54) is 0 Å². The van der Waals surface area contributed by atoms with Crippen LogP contribution in [0.4, 0.5) is 0 Å². The number of methoxy groups -OCH3 is 2. The van der Waals surface area contributed by atoms with Gasteiger partial charge in [-0.3, -0.25) is 0 Å². The van der Waals surface area contributed by atoms with Crippen molar-refractivity contribution in [1.82, 2.24) is 0 Å². The molecule has 2 N–H and O–H groups in total. The van der Waals surface area contributed by atoms with Crippen molar-refractivity contribution >= 4 is 15.9 Å². The van der Waals surface area contributed by atoms with Gasteiger partial charge in [0.25, 0.3) is 0 Å². The van der Waals surface area contributed by atoms with Crippen molar-refractivity contribution in [3.05, 3.63) is 28.2 Å². The summed E-state index contributed by atoms with van der Waals surface area (Å²) in [5.74, 6) is 0.786. The van der Waals surface area contributed by atoms with Crippen LogP contribution in [0.1, 0.15) is 11.6 Å². The summed E-state index contributed by atoms with van der Waals surface area (Å²) in [5.41, 5.74) is 6.91. The van der Waals surface area contributed by atoms with Crippen molar-refractivity contribution in [1.29, 1.82) is 0 Å². The van der Waals surface area contributed by atoms with Gasteiger partial charge in [-0.25, -0.2) is 0 Å². The van der Waals surface area contributed by atoms with Crippen LogP contribution in [0.2, 0.25) is 0 Å². The van der Waals surface area contributed by atoms with Crippen LogP contribution in [0.3, 0.4) is 0 Å². The first-order valence-corrected chi connectivity index (χ1v) is 5.07. The predicted molar refractivity (Wildman–Crippen MR) is 59.5 cm³/mol. The fraction of sp³-hybridized carbons (Fsp3) is 0.400. The van der Waals surface area contributed by atoms with Crippen LogP contribution in [0.25, 0.3) is 0 Å². The molecule has 1 rings (SSSR count). The van der Waals surface area contributed by atoms with E-state index in [2.05, 4.69) is 15.9 Å². The molecule has 0 unspecified atom stereocenters. The van der Waals surface area contributed by atoms with Crippen molar-refractivity contribution in [2.24, 2.45) is 5.73 Å². The molecule has 78 valence electrons. The number of hydrogen-bond acceptors (Lipinski definition) is 3. The topological polar surface area (TPSA) is 44.5 Å². The number of hydrogen-bond donors (Lipinski definition) is 1. The SMILES string of the molecule is COC[C@@H](N)c1cccc(OC)c1Br. The standard InChI is InChI=1S/C10H14BrNO2/c1-13-6-8(12)7-4-3-5-9(14-2)10(7)11/h3-5,8H,6,12H2,1-2H3/t8-/m1/s1. The van der Waals surface area contributed by atoms with Crippen molar-refractivity contribution < 1.29 is 9.47 Å². The Morgan fingerprint density at radius 1 is 1.43 bits per heavy atom. The summed E-state index contributed by atoms with van der Waals surface area (Å²) < 4.78 is 11.1. The van der Waals surface area contributed by atoms with Gasteiger partial charge in [0.15, 0.2) is 0 Å². The van der Waals surface area contributed by atoms with E-state index >= 15 is 0 Å². The molecule has 1 aromatic carbocycles. The molecule has 0 bridgehead atoms. The molecular formula is C10H14BrNO2. The molecule has 0 saturated heterocycles. The molecule has 14 heavy (non-hydrogen) atoms. The molecule has 4 heteroatoms. The Kier molecular flexibility index (Phi) is 4.38. The lowest BCUT2D eigenvalue weighted by Crippen LogP contribution is -2.16. The maximum absolute atomic E-state index is 5.92. The van der Waals surface area contributed by atoms with Gasteiger partial charge >= 0.3 is 0 Å². The number of benzene rings is 1. The molecule has 0 spiro atoms. The summed E-state index contributed by atoms with van der Waals surface area (Å²) in [6, 6.07) is 5.61. The van der Waals surface area contributed by atoms with Gasteiger partial charge in [-0.2, -0.15) is 0 Å². The van der Waals surface area contributed by atoms with Gasteiger partial charge in [-0.1, -0.05) is 12.1 Å². The fourth-order valence-corrected chi connectivity index (χ4v) is 1.96. The second-order valence-electron chi connectivity index (χ2n) is 2.93. The van der Waals surface area contributed by atoms with Gasteiger partial charge in [-0.05, 0) is 27.6 Å². The zero-order valence-corrected chi connectivity index (χ0v) is 9.87. The third kappa shape index (κ3) is 2.47. The predicted octanol–water partition coefficient (Wildman–Crippen LogP) is 2.10. The van der Waals surface area contributed by atoms with E-state index in [4.69, 9.17) is 15.2 Å². The highest BCUT2D eigenvalue weighted by molar-refractivity contribution is 9.10. The molecule has 0 heterocycles. The summed E-state index contributed by atoms with van der Waals surface area (Å²) in [7, 11) is 3.26. The Hall–Kier alpha value is -0.580. The molecule has 1 aromatic rings. The van der Waals surface area contributed by atoms with Gasteiger partial charge in [0.2, 0.25) is 0 Å². The minimum absolute atomic E-state index is 0.135. The molecule has 0 aliphatic carbocycles. The smallest absolute Gasteiger partial charge is 0.133 e. The quantitative estimate of drug-likeness (QED) is 0.901. The van der Waals surface area contributed by atoms with Crippen LogP contribution in [0.15, 0.2) is 22.7 Å². The maximum Gasteiger partial charge on any atom is 0.133 e. The number of rotatable bonds is 4. The van der Waals surface area contributed by atoms with Gasteiger partial charge in [0.1, 0.15) is 5.75 Å². The first-order chi connectivity index (χ1) is 6.70. The third-order valence-electron chi connectivity index (χ3n) is 1.96. The van der Waals surface area contributed by atoms with Crippen LogP contribution in [-0.2, 0) is 4.74 Å². The molecule has 0 saturated carbocycles. The van der Waals surface area contributed by atoms with Gasteiger partial charge in [-0.15, -0.1) is 0 Å². The molecule has 0 amide bonds. The average Bonchev–Trinajstić information content (AvgIpc) is 2.18. The molecular weight excluding hydrogens is 246 g/mol. The normalized spacial score (nSPS) is 12.6. The first kappa shape index (κ1) is 11.5. The Balaban J connectivity index is 2.96. The highest BCUT2D eigenvalue weighted by Gasteiger charge is 2.12. The van der Waals surface area contributed by atoms with E-state index in [1.807, 2.05) is 18.2 Å². The van der Waals surface area contributed by atoms with E-state index in [-0.39, 0.29) is 6.04 Å². The van der Waals surface area contributed by atoms with Crippen molar-refractivity contribution in [3.8, 4) is 5.75 Å². The fourth-order valence-electron chi connectivity index (χ4n) is 1.24. The summed E-state index contributed by atoms with van der Waals surface area (Å²) in [4.78, 5) is 0. The summed E-state index contributed by atoms with van der Waals surface area (Å²) in [6.45, 7) is 0.492. The molecule has 0 aliphatic heterocycles. The van der Waals surface area contributed by atoms with E-state index in [0.717, 1.165) is 15.8 Å². The second kappa shape index (κ2) is 5.34. The lowest BCUT2D eigenvalue weighted by molar-refractivity contribution is 0.180. The molecule has 0 aliphatic rings. The van der Waals surface area contributed by atoms with E-state index in [9.17, 15) is 0 Å². The highest BCUT2D eigenvalue weighted by Crippen LogP contribution is 2.31. The van der Waals surface area contributed by atoms with Crippen LogP contribution in [-0.4, -0.2) is 20.8 Å².